The second-order valence-corrected chi connectivity index (χ2v) is 6.74. The molecule has 0 saturated heterocycles. The van der Waals surface area contributed by atoms with Crippen LogP contribution >= 0.6 is 34.8 Å². The molecule has 26 heavy (non-hydrogen) atoms. The molecule has 0 radical (unpaired) electrons. The van der Waals surface area contributed by atoms with Crippen LogP contribution in [0.1, 0.15) is 17.3 Å². The second kappa shape index (κ2) is 7.62. The van der Waals surface area contributed by atoms with Gasteiger partial charge in [0.15, 0.2) is 5.78 Å². The number of fused-ring (bicyclic) bond motifs is 1. The van der Waals surface area contributed by atoms with Crippen molar-refractivity contribution in [1.82, 2.24) is 4.98 Å². The van der Waals surface area contributed by atoms with Crippen LogP contribution in [0.5, 0.6) is 0 Å². The number of para-hydroxylation sites is 1. The van der Waals surface area contributed by atoms with Crippen molar-refractivity contribution in [3.63, 3.8) is 0 Å². The number of carbonyl (C=O) groups excluding carboxylic acids is 2. The molecule has 7 heteroatoms. The second-order valence-electron chi connectivity index (χ2n) is 5.57. The van der Waals surface area contributed by atoms with Gasteiger partial charge in [0.25, 0.3) is 0 Å². The van der Waals surface area contributed by atoms with Crippen molar-refractivity contribution < 1.29 is 14.3 Å². The summed E-state index contributed by atoms with van der Waals surface area (Å²) in [5.41, 5.74) is 1.85. The Morgan fingerprint density at radius 1 is 1.04 bits per heavy atom. The van der Waals surface area contributed by atoms with Crippen LogP contribution in [0.15, 0.2) is 42.5 Å². The predicted molar refractivity (Wildman–Crippen MR) is 103 cm³/mol. The predicted octanol–water partition coefficient (Wildman–Crippen LogP) is 5.61. The topological polar surface area (TPSA) is 56.3 Å². The van der Waals surface area contributed by atoms with Crippen LogP contribution in [0, 0.1) is 0 Å². The zero-order chi connectivity index (χ0) is 18.8. The third kappa shape index (κ3) is 3.68. The minimum absolute atomic E-state index is 0.210. The molecule has 3 rings (SSSR count). The molecule has 0 N–H and O–H groups in total. The number of carbonyl (C=O) groups is 2. The van der Waals surface area contributed by atoms with Crippen LogP contribution in [-0.2, 0) is 9.53 Å². The number of ketones is 1. The largest absolute Gasteiger partial charge is 0.454 e. The maximum Gasteiger partial charge on any atom is 0.339 e. The van der Waals surface area contributed by atoms with E-state index in [1.165, 1.54) is 6.92 Å². The first-order valence-electron chi connectivity index (χ1n) is 7.58. The summed E-state index contributed by atoms with van der Waals surface area (Å²) in [7, 11) is 0. The zero-order valence-electron chi connectivity index (χ0n) is 13.6. The summed E-state index contributed by atoms with van der Waals surface area (Å²) in [5, 5.41) is 1.38. The molecular weight excluding hydrogens is 397 g/mol. The standard InChI is InChI=1S/C19H12Cl3NO3/c1-10(24)9-26-19(25)13-8-16(23-15-5-3-2-4-11(13)15)12-6-7-14(20)18(22)17(12)21/h2-8H,9H2,1H3. The number of hydrogen-bond acceptors (Lipinski definition) is 4. The van der Waals surface area contributed by atoms with Crippen molar-refractivity contribution in [1.29, 1.82) is 0 Å². The van der Waals surface area contributed by atoms with Gasteiger partial charge in [-0.3, -0.25) is 4.79 Å². The van der Waals surface area contributed by atoms with Crippen LogP contribution in [0.4, 0.5) is 0 Å². The SMILES string of the molecule is CC(=O)COC(=O)c1cc(-c2ccc(Cl)c(Cl)c2Cl)nc2ccccc12. The third-order valence-electron chi connectivity index (χ3n) is 3.65. The Morgan fingerprint density at radius 2 is 1.77 bits per heavy atom. The number of ether oxygens (including phenoxy) is 1. The smallest absolute Gasteiger partial charge is 0.339 e. The Morgan fingerprint density at radius 3 is 2.50 bits per heavy atom. The molecule has 0 aliphatic carbocycles. The first kappa shape index (κ1) is 18.6. The number of pyridine rings is 1. The molecule has 0 aliphatic heterocycles. The van der Waals surface area contributed by atoms with Crippen LogP contribution in [0.3, 0.4) is 0 Å². The van der Waals surface area contributed by atoms with Crippen LogP contribution in [-0.4, -0.2) is 23.3 Å². The molecule has 0 amide bonds. The first-order valence-corrected chi connectivity index (χ1v) is 8.72. The molecule has 0 unspecified atom stereocenters. The van der Waals surface area contributed by atoms with Gasteiger partial charge in [0, 0.05) is 10.9 Å². The van der Waals surface area contributed by atoms with Gasteiger partial charge in [-0.05, 0) is 31.2 Å². The highest BCUT2D eigenvalue weighted by atomic mass is 35.5. The van der Waals surface area contributed by atoms with Crippen molar-refractivity contribution in [2.75, 3.05) is 6.61 Å². The van der Waals surface area contributed by atoms with Crippen molar-refractivity contribution >= 4 is 57.5 Å². The number of nitrogens with zero attached hydrogens (tertiary/aromatic N) is 1. The summed E-state index contributed by atoms with van der Waals surface area (Å²) in [5.74, 6) is -0.860. The van der Waals surface area contributed by atoms with Gasteiger partial charge in [0.2, 0.25) is 0 Å². The third-order valence-corrected chi connectivity index (χ3v) is 4.95. The van der Waals surface area contributed by atoms with Crippen LogP contribution < -0.4 is 0 Å². The first-order chi connectivity index (χ1) is 12.4. The van der Waals surface area contributed by atoms with E-state index in [-0.39, 0.29) is 28.0 Å². The normalized spacial score (nSPS) is 10.8. The van der Waals surface area contributed by atoms with Gasteiger partial charge in [-0.2, -0.15) is 0 Å². The molecule has 3 aromatic rings. The van der Waals surface area contributed by atoms with Crippen molar-refractivity contribution in [3.05, 3.63) is 63.1 Å². The summed E-state index contributed by atoms with van der Waals surface area (Å²) < 4.78 is 5.07. The number of aromatic nitrogens is 1. The highest BCUT2D eigenvalue weighted by Gasteiger charge is 2.18. The van der Waals surface area contributed by atoms with Crippen LogP contribution in [0.25, 0.3) is 22.2 Å². The number of benzene rings is 2. The summed E-state index contributed by atoms with van der Waals surface area (Å²) in [6.45, 7) is 1.05. The van der Waals surface area contributed by atoms with E-state index >= 15 is 0 Å². The van der Waals surface area contributed by atoms with Crippen molar-refractivity contribution in [2.24, 2.45) is 0 Å². The highest BCUT2D eigenvalue weighted by Crippen LogP contribution is 2.38. The monoisotopic (exact) mass is 407 g/mol. The van der Waals surface area contributed by atoms with Gasteiger partial charge in [0.05, 0.1) is 31.8 Å². The average molecular weight is 409 g/mol. The summed E-state index contributed by atoms with van der Waals surface area (Å²) in [6.07, 6.45) is 0. The lowest BCUT2D eigenvalue weighted by molar-refractivity contribution is -0.120. The van der Waals surface area contributed by atoms with E-state index in [1.807, 2.05) is 0 Å². The van der Waals surface area contributed by atoms with Gasteiger partial charge in [0.1, 0.15) is 6.61 Å². The van der Waals surface area contributed by atoms with E-state index in [0.29, 0.717) is 27.2 Å². The van der Waals surface area contributed by atoms with E-state index in [2.05, 4.69) is 4.98 Å². The fraction of sp³-hybridized carbons (Fsp3) is 0.105. The number of rotatable bonds is 4. The maximum absolute atomic E-state index is 12.5. The fourth-order valence-corrected chi connectivity index (χ4v) is 3.08. The summed E-state index contributed by atoms with van der Waals surface area (Å²) >= 11 is 18.4. The van der Waals surface area contributed by atoms with Gasteiger partial charge < -0.3 is 4.74 Å². The molecule has 1 heterocycles. The minimum Gasteiger partial charge on any atom is -0.454 e. The summed E-state index contributed by atoms with van der Waals surface area (Å²) in [6, 6.07) is 12.0. The fourth-order valence-electron chi connectivity index (χ4n) is 2.45. The summed E-state index contributed by atoms with van der Waals surface area (Å²) in [4.78, 5) is 28.1. The van der Waals surface area contributed by atoms with Crippen molar-refractivity contribution in [2.45, 2.75) is 6.92 Å². The van der Waals surface area contributed by atoms with Gasteiger partial charge >= 0.3 is 5.97 Å². The Balaban J connectivity index is 2.18. The molecule has 1 aromatic heterocycles. The molecule has 0 aliphatic rings. The molecule has 2 aromatic carbocycles. The molecule has 132 valence electrons. The Kier molecular flexibility index (Phi) is 5.47. The lowest BCUT2D eigenvalue weighted by Gasteiger charge is -2.11. The van der Waals surface area contributed by atoms with E-state index in [0.717, 1.165) is 0 Å². The molecule has 0 atom stereocenters. The molecular formula is C19H12Cl3NO3. The number of halogens is 3. The molecule has 4 nitrogen and oxygen atoms in total. The molecule has 0 fully saturated rings. The highest BCUT2D eigenvalue weighted by molar-refractivity contribution is 6.49. The van der Waals surface area contributed by atoms with Gasteiger partial charge in [-0.15, -0.1) is 0 Å². The van der Waals surface area contributed by atoms with E-state index in [1.54, 1.807) is 42.5 Å². The van der Waals surface area contributed by atoms with Gasteiger partial charge in [-0.25, -0.2) is 9.78 Å². The van der Waals surface area contributed by atoms with Crippen LogP contribution in [0.2, 0.25) is 15.1 Å². The Hall–Kier alpha value is -2.14. The van der Waals surface area contributed by atoms with Gasteiger partial charge in [-0.1, -0.05) is 53.0 Å². The van der Waals surface area contributed by atoms with E-state index in [9.17, 15) is 9.59 Å². The molecule has 0 saturated carbocycles. The Labute approximate surface area is 164 Å². The van der Waals surface area contributed by atoms with Crippen molar-refractivity contribution in [3.8, 4) is 11.3 Å². The number of Topliss-reactive ketones (excluding diaryl/α,β-unsaturated/α-hetero) is 1. The number of esters is 1. The molecule has 0 spiro atoms. The minimum atomic E-state index is -0.615. The zero-order valence-corrected chi connectivity index (χ0v) is 15.8. The van der Waals surface area contributed by atoms with E-state index in [4.69, 9.17) is 39.5 Å². The average Bonchev–Trinajstić information content (AvgIpc) is 2.63. The lowest BCUT2D eigenvalue weighted by atomic mass is 10.0. The molecule has 0 bridgehead atoms. The number of hydrogen-bond donors (Lipinski definition) is 0. The lowest BCUT2D eigenvalue weighted by Crippen LogP contribution is -2.12. The maximum atomic E-state index is 12.5. The van der Waals surface area contributed by atoms with E-state index < -0.39 is 5.97 Å². The Bertz CT molecular complexity index is 1030. The quantitative estimate of drug-likeness (QED) is 0.416.